The molecular weight excluding hydrogens is 467 g/mol. The highest BCUT2D eigenvalue weighted by Gasteiger charge is 2.52. The lowest BCUT2D eigenvalue weighted by Gasteiger charge is -2.34. The van der Waals surface area contributed by atoms with Crippen molar-refractivity contribution >= 4 is 15.7 Å². The summed E-state index contributed by atoms with van der Waals surface area (Å²) in [4.78, 5) is 20.3. The van der Waals surface area contributed by atoms with E-state index in [9.17, 15) is 26.4 Å². The first kappa shape index (κ1) is 24.9. The molecule has 1 fully saturated rings. The van der Waals surface area contributed by atoms with Crippen LogP contribution in [0.25, 0.3) is 11.3 Å². The predicted molar refractivity (Wildman–Crippen MR) is 108 cm³/mol. The molecule has 9 nitrogen and oxygen atoms in total. The summed E-state index contributed by atoms with van der Waals surface area (Å²) in [6.07, 6.45) is -2.99. The summed E-state index contributed by atoms with van der Waals surface area (Å²) in [6.45, 7) is -0.0375. The molecule has 2 aromatic rings. The number of aromatic nitrogens is 2. The first-order valence-electron chi connectivity index (χ1n) is 9.98. The Balaban J connectivity index is 1.72. The van der Waals surface area contributed by atoms with Crippen LogP contribution in [0.1, 0.15) is 25.7 Å². The molecule has 1 aromatic heterocycles. The minimum absolute atomic E-state index is 0.0605. The molecule has 0 saturated carbocycles. The highest BCUT2D eigenvalue weighted by atomic mass is 32.2. The maximum Gasteiger partial charge on any atom is 0.389 e. The molecule has 1 aliphatic rings. The van der Waals surface area contributed by atoms with E-state index in [-0.39, 0.29) is 49.9 Å². The summed E-state index contributed by atoms with van der Waals surface area (Å²) in [5.74, 6) is -0.942. The van der Waals surface area contributed by atoms with Gasteiger partial charge in [-0.1, -0.05) is 12.1 Å². The number of sulfone groups is 1. The van der Waals surface area contributed by atoms with E-state index in [4.69, 9.17) is 14.7 Å². The van der Waals surface area contributed by atoms with Crippen LogP contribution in [0.3, 0.4) is 0 Å². The number of carbonyl (C=O) groups excluding carboxylic acids is 1. The zero-order chi connectivity index (χ0) is 24.1. The molecule has 33 heavy (non-hydrogen) atoms. The summed E-state index contributed by atoms with van der Waals surface area (Å²) in [5.41, 5.74) is 2.37. The predicted octanol–water partition coefficient (Wildman–Crippen LogP) is 2.69. The van der Waals surface area contributed by atoms with Crippen LogP contribution in [0.5, 0.6) is 5.88 Å². The van der Waals surface area contributed by atoms with Crippen LogP contribution in [0.2, 0.25) is 0 Å². The van der Waals surface area contributed by atoms with Crippen molar-refractivity contribution in [1.29, 1.82) is 0 Å². The standard InChI is InChI=1S/C20H22F3N3O6S/c21-20(22,23)6-1-9-32-17-13-24-16(12-25-17)14-2-4-15(5-3-14)33(29,30)19(18(27)26-28)7-10-31-11-8-19/h2-5,12-13,28H,1,6-11H2,(H,26,27). The van der Waals surface area contributed by atoms with Crippen molar-refractivity contribution in [2.24, 2.45) is 0 Å². The average molecular weight is 489 g/mol. The topological polar surface area (TPSA) is 128 Å². The monoisotopic (exact) mass is 489 g/mol. The average Bonchev–Trinajstić information content (AvgIpc) is 2.81. The zero-order valence-corrected chi connectivity index (χ0v) is 18.2. The van der Waals surface area contributed by atoms with Crippen LogP contribution in [-0.4, -0.2) is 60.2 Å². The lowest BCUT2D eigenvalue weighted by atomic mass is 9.98. The van der Waals surface area contributed by atoms with Gasteiger partial charge in [0.05, 0.1) is 29.6 Å². The molecule has 180 valence electrons. The second-order valence-electron chi connectivity index (χ2n) is 7.38. The Labute approximate surface area is 187 Å². The smallest absolute Gasteiger partial charge is 0.389 e. The SMILES string of the molecule is O=C(NO)C1(S(=O)(=O)c2ccc(-c3cnc(OCCCC(F)(F)F)cn3)cc2)CCOCC1. The van der Waals surface area contributed by atoms with Gasteiger partial charge in [0.15, 0.2) is 14.6 Å². The van der Waals surface area contributed by atoms with Crippen molar-refractivity contribution in [2.75, 3.05) is 19.8 Å². The third kappa shape index (κ3) is 5.60. The highest BCUT2D eigenvalue weighted by molar-refractivity contribution is 7.93. The van der Waals surface area contributed by atoms with Crippen molar-refractivity contribution < 1.29 is 41.1 Å². The Morgan fingerprint density at radius 1 is 1.15 bits per heavy atom. The Bertz CT molecular complexity index is 1050. The van der Waals surface area contributed by atoms with Gasteiger partial charge in [0.2, 0.25) is 5.88 Å². The molecule has 2 heterocycles. The van der Waals surface area contributed by atoms with Crippen molar-refractivity contribution in [3.05, 3.63) is 36.7 Å². The number of carbonyl (C=O) groups is 1. The quantitative estimate of drug-likeness (QED) is 0.329. The number of amides is 1. The van der Waals surface area contributed by atoms with E-state index in [1.165, 1.54) is 42.1 Å². The number of nitrogens with zero attached hydrogens (tertiary/aromatic N) is 2. The van der Waals surface area contributed by atoms with E-state index in [1.807, 2.05) is 0 Å². The Morgan fingerprint density at radius 2 is 1.82 bits per heavy atom. The van der Waals surface area contributed by atoms with Crippen molar-refractivity contribution in [2.45, 2.75) is 41.5 Å². The molecule has 0 aliphatic carbocycles. The first-order chi connectivity index (χ1) is 15.6. The molecule has 0 radical (unpaired) electrons. The van der Waals surface area contributed by atoms with Crippen LogP contribution < -0.4 is 10.2 Å². The summed E-state index contributed by atoms with van der Waals surface area (Å²) < 4.78 is 71.4. The van der Waals surface area contributed by atoms with Gasteiger partial charge in [-0.25, -0.2) is 23.9 Å². The molecule has 0 unspecified atom stereocenters. The normalized spacial score (nSPS) is 16.2. The molecule has 3 rings (SSSR count). The molecule has 0 bridgehead atoms. The summed E-state index contributed by atoms with van der Waals surface area (Å²) in [5, 5.41) is 9.10. The fourth-order valence-corrected chi connectivity index (χ4v) is 5.38. The number of nitrogens with one attached hydrogen (secondary N) is 1. The largest absolute Gasteiger partial charge is 0.477 e. The summed E-state index contributed by atoms with van der Waals surface area (Å²) >= 11 is 0. The molecule has 1 aliphatic heterocycles. The summed E-state index contributed by atoms with van der Waals surface area (Å²) in [7, 11) is -4.15. The number of hydroxylamine groups is 1. The Morgan fingerprint density at radius 3 is 2.36 bits per heavy atom. The lowest BCUT2D eigenvalue weighted by Crippen LogP contribution is -2.54. The van der Waals surface area contributed by atoms with E-state index in [2.05, 4.69) is 9.97 Å². The number of halogens is 3. The minimum Gasteiger partial charge on any atom is -0.477 e. The molecule has 0 spiro atoms. The van der Waals surface area contributed by atoms with Crippen LogP contribution in [-0.2, 0) is 19.4 Å². The van der Waals surface area contributed by atoms with Crippen LogP contribution in [0.15, 0.2) is 41.6 Å². The maximum absolute atomic E-state index is 13.2. The van der Waals surface area contributed by atoms with Crippen molar-refractivity contribution in [3.63, 3.8) is 0 Å². The number of ether oxygens (including phenoxy) is 2. The van der Waals surface area contributed by atoms with Gasteiger partial charge < -0.3 is 9.47 Å². The molecule has 2 N–H and O–H groups in total. The highest BCUT2D eigenvalue weighted by Crippen LogP contribution is 2.36. The third-order valence-electron chi connectivity index (χ3n) is 5.27. The fraction of sp³-hybridized carbons (Fsp3) is 0.450. The van der Waals surface area contributed by atoms with Crippen molar-refractivity contribution in [3.8, 4) is 17.1 Å². The Hall–Kier alpha value is -2.77. The van der Waals surface area contributed by atoms with Crippen LogP contribution >= 0.6 is 0 Å². The van der Waals surface area contributed by atoms with E-state index < -0.39 is 33.1 Å². The third-order valence-corrected chi connectivity index (χ3v) is 7.79. The first-order valence-corrected chi connectivity index (χ1v) is 11.5. The number of hydrogen-bond donors (Lipinski definition) is 2. The molecule has 0 atom stereocenters. The molecule has 1 aromatic carbocycles. The number of rotatable bonds is 8. The van der Waals surface area contributed by atoms with Crippen LogP contribution in [0.4, 0.5) is 13.2 Å². The van der Waals surface area contributed by atoms with E-state index in [1.54, 1.807) is 0 Å². The number of hydrogen-bond acceptors (Lipinski definition) is 8. The minimum atomic E-state index is -4.25. The second-order valence-corrected chi connectivity index (χ2v) is 9.64. The van der Waals surface area contributed by atoms with Gasteiger partial charge in [0.1, 0.15) is 0 Å². The molecule has 1 amide bonds. The van der Waals surface area contributed by atoms with E-state index in [0.29, 0.717) is 11.3 Å². The van der Waals surface area contributed by atoms with E-state index in [0.717, 1.165) is 0 Å². The Kier molecular flexibility index (Phi) is 7.55. The summed E-state index contributed by atoms with van der Waals surface area (Å²) in [6, 6.07) is 5.64. The van der Waals surface area contributed by atoms with Gasteiger partial charge >= 0.3 is 6.18 Å². The fourth-order valence-electron chi connectivity index (χ4n) is 3.44. The van der Waals surface area contributed by atoms with Gasteiger partial charge in [0, 0.05) is 25.2 Å². The number of alkyl halides is 3. The molecule has 1 saturated heterocycles. The second kappa shape index (κ2) is 10.0. The van der Waals surface area contributed by atoms with Crippen LogP contribution in [0, 0.1) is 0 Å². The maximum atomic E-state index is 13.2. The number of benzene rings is 1. The van der Waals surface area contributed by atoms with E-state index >= 15 is 0 Å². The zero-order valence-electron chi connectivity index (χ0n) is 17.3. The van der Waals surface area contributed by atoms with Crippen molar-refractivity contribution in [1.82, 2.24) is 15.4 Å². The van der Waals surface area contributed by atoms with Gasteiger partial charge in [-0.3, -0.25) is 10.0 Å². The molecule has 13 heteroatoms. The van der Waals surface area contributed by atoms with Gasteiger partial charge in [-0.2, -0.15) is 13.2 Å². The van der Waals surface area contributed by atoms with Gasteiger partial charge in [0.25, 0.3) is 5.91 Å². The van der Waals surface area contributed by atoms with Gasteiger partial charge in [-0.05, 0) is 31.4 Å². The lowest BCUT2D eigenvalue weighted by molar-refractivity contribution is -0.136. The van der Waals surface area contributed by atoms with Gasteiger partial charge in [-0.15, -0.1) is 0 Å². The molecular formula is C20H22F3N3O6S.